The number of nitrogens with zero attached hydrogens (tertiary/aromatic N) is 2. The van der Waals surface area contributed by atoms with Crippen molar-refractivity contribution in [1.29, 1.82) is 0 Å². The largest absolute Gasteiger partial charge is 0.481 e. The first-order valence-corrected chi connectivity index (χ1v) is 13.2. The van der Waals surface area contributed by atoms with Crippen molar-refractivity contribution >= 4 is 37.6 Å². The maximum absolute atomic E-state index is 5.95. The Balaban J connectivity index is 1.78. The molecule has 0 N–H and O–H groups in total. The van der Waals surface area contributed by atoms with E-state index in [1.54, 1.807) is 7.11 Å². The first kappa shape index (κ1) is 24.5. The van der Waals surface area contributed by atoms with E-state index in [0.717, 1.165) is 33.9 Å². The van der Waals surface area contributed by atoms with Gasteiger partial charge in [-0.1, -0.05) is 88.7 Å². The molecular weight excluding hydrogens is 508 g/mol. The lowest BCUT2D eigenvalue weighted by atomic mass is 9.74. The average molecular weight is 540 g/mol. The summed E-state index contributed by atoms with van der Waals surface area (Å²) in [4.78, 5) is 7.23. The van der Waals surface area contributed by atoms with Crippen LogP contribution in [0.1, 0.15) is 34.9 Å². The molecule has 0 radical (unpaired) electrons. The van der Waals surface area contributed by atoms with Crippen LogP contribution in [-0.2, 0) is 0 Å². The van der Waals surface area contributed by atoms with Gasteiger partial charge in [-0.15, -0.1) is 0 Å². The van der Waals surface area contributed by atoms with Crippen LogP contribution in [0.2, 0.25) is 0 Å². The van der Waals surface area contributed by atoms with Crippen molar-refractivity contribution in [2.45, 2.75) is 18.3 Å². The number of hydrogen-bond acceptors (Lipinski definition) is 3. The molecule has 4 aromatic carbocycles. The molecule has 182 valence electrons. The van der Waals surface area contributed by atoms with Crippen molar-refractivity contribution in [1.82, 2.24) is 9.88 Å². The van der Waals surface area contributed by atoms with Gasteiger partial charge in [0.2, 0.25) is 5.88 Å². The minimum absolute atomic E-state index is 0.0720. The maximum atomic E-state index is 5.95. The summed E-state index contributed by atoms with van der Waals surface area (Å²) >= 11 is 3.64. The van der Waals surface area contributed by atoms with E-state index in [9.17, 15) is 0 Å². The van der Waals surface area contributed by atoms with Crippen molar-refractivity contribution in [2.75, 3.05) is 27.7 Å². The van der Waals surface area contributed by atoms with Gasteiger partial charge in [0.05, 0.1) is 12.6 Å². The zero-order valence-electron chi connectivity index (χ0n) is 21.0. The van der Waals surface area contributed by atoms with E-state index in [2.05, 4.69) is 120 Å². The molecule has 4 heteroatoms. The predicted molar refractivity (Wildman–Crippen MR) is 154 cm³/mol. The lowest BCUT2D eigenvalue weighted by Crippen LogP contribution is -2.21. The highest BCUT2D eigenvalue weighted by molar-refractivity contribution is 9.10. The quantitative estimate of drug-likeness (QED) is 0.200. The maximum Gasteiger partial charge on any atom is 0.217 e. The highest BCUT2D eigenvalue weighted by atomic mass is 79.9. The molecule has 2 atom stereocenters. The molecule has 0 bridgehead atoms. The molecule has 0 fully saturated rings. The van der Waals surface area contributed by atoms with E-state index in [-0.39, 0.29) is 11.8 Å². The average Bonchev–Trinajstić information content (AvgIpc) is 2.90. The van der Waals surface area contributed by atoms with Crippen molar-refractivity contribution in [3.05, 3.63) is 118 Å². The number of rotatable bonds is 8. The van der Waals surface area contributed by atoms with Gasteiger partial charge in [-0.25, -0.2) is 4.98 Å². The van der Waals surface area contributed by atoms with E-state index >= 15 is 0 Å². The summed E-state index contributed by atoms with van der Waals surface area (Å²) in [5.41, 5.74) is 4.68. The second-order valence-electron chi connectivity index (χ2n) is 9.58. The van der Waals surface area contributed by atoms with Gasteiger partial charge < -0.3 is 9.64 Å². The lowest BCUT2D eigenvalue weighted by Gasteiger charge is -2.31. The Morgan fingerprint density at radius 3 is 2.33 bits per heavy atom. The Morgan fingerprint density at radius 2 is 1.56 bits per heavy atom. The topological polar surface area (TPSA) is 25.4 Å². The van der Waals surface area contributed by atoms with Gasteiger partial charge in [0.15, 0.2) is 0 Å². The van der Waals surface area contributed by atoms with Gasteiger partial charge in [-0.05, 0) is 79.1 Å². The third-order valence-corrected chi connectivity index (χ3v) is 7.46. The summed E-state index contributed by atoms with van der Waals surface area (Å²) in [5.74, 6) is 0.984. The summed E-state index contributed by atoms with van der Waals surface area (Å²) in [7, 11) is 6.02. The molecular formula is C32H31BrN2O. The van der Waals surface area contributed by atoms with Crippen LogP contribution >= 0.6 is 15.9 Å². The van der Waals surface area contributed by atoms with E-state index in [0.29, 0.717) is 5.88 Å². The predicted octanol–water partition coefficient (Wildman–Crippen LogP) is 8.03. The van der Waals surface area contributed by atoms with Gasteiger partial charge in [0, 0.05) is 21.3 Å². The van der Waals surface area contributed by atoms with Crippen LogP contribution in [0.3, 0.4) is 0 Å². The molecule has 0 aliphatic rings. The van der Waals surface area contributed by atoms with Crippen molar-refractivity contribution < 1.29 is 4.74 Å². The second kappa shape index (κ2) is 10.8. The number of pyridine rings is 1. The highest BCUT2D eigenvalue weighted by Crippen LogP contribution is 2.46. The fourth-order valence-corrected chi connectivity index (χ4v) is 5.67. The van der Waals surface area contributed by atoms with E-state index in [1.165, 1.54) is 21.9 Å². The van der Waals surface area contributed by atoms with Gasteiger partial charge in [0.25, 0.3) is 0 Å². The first-order chi connectivity index (χ1) is 17.5. The number of halogens is 1. The van der Waals surface area contributed by atoms with Gasteiger partial charge in [-0.2, -0.15) is 0 Å². The van der Waals surface area contributed by atoms with E-state index in [1.807, 2.05) is 12.1 Å². The molecule has 5 rings (SSSR count). The summed E-state index contributed by atoms with van der Waals surface area (Å²) in [5, 5.41) is 3.68. The number of fused-ring (bicyclic) bond motifs is 2. The monoisotopic (exact) mass is 538 g/mol. The summed E-state index contributed by atoms with van der Waals surface area (Å²) in [6.45, 7) is 0.978. The Kier molecular flexibility index (Phi) is 7.35. The molecule has 1 aromatic heterocycles. The molecule has 36 heavy (non-hydrogen) atoms. The Labute approximate surface area is 221 Å². The van der Waals surface area contributed by atoms with Gasteiger partial charge in [0.1, 0.15) is 0 Å². The Bertz CT molecular complexity index is 1480. The van der Waals surface area contributed by atoms with Crippen LogP contribution in [0.4, 0.5) is 0 Å². The van der Waals surface area contributed by atoms with Gasteiger partial charge >= 0.3 is 0 Å². The number of hydrogen-bond donors (Lipinski definition) is 0. The second-order valence-corrected chi connectivity index (χ2v) is 10.5. The van der Waals surface area contributed by atoms with Crippen LogP contribution < -0.4 is 4.74 Å². The van der Waals surface area contributed by atoms with Crippen molar-refractivity contribution in [3.63, 3.8) is 0 Å². The minimum atomic E-state index is 0.0720. The van der Waals surface area contributed by atoms with Crippen LogP contribution in [0.5, 0.6) is 5.88 Å². The zero-order chi connectivity index (χ0) is 25.1. The number of ether oxygens (including phenoxy) is 1. The standard InChI is InChI=1S/C32H31BrN2O/c1-35(2)19-18-28(27-15-9-13-22-10-7-8-14-26(22)27)31(23-11-5-4-6-12-23)29-21-24-20-25(33)16-17-30(24)34-32(29)36-3/h4-17,20-21,28,31H,18-19H2,1-3H3/t28?,31-/m0/s1. The number of methoxy groups -OCH3 is 1. The van der Waals surface area contributed by atoms with Crippen LogP contribution in [-0.4, -0.2) is 37.6 Å². The lowest BCUT2D eigenvalue weighted by molar-refractivity contribution is 0.363. The summed E-state index contributed by atoms with van der Waals surface area (Å²) < 4.78 is 7.00. The molecule has 5 aromatic rings. The molecule has 0 spiro atoms. The third-order valence-electron chi connectivity index (χ3n) is 6.97. The van der Waals surface area contributed by atoms with Gasteiger partial charge in [-0.3, -0.25) is 0 Å². The van der Waals surface area contributed by atoms with Crippen LogP contribution in [0.15, 0.2) is 102 Å². The van der Waals surface area contributed by atoms with Crippen molar-refractivity contribution in [2.24, 2.45) is 0 Å². The fraction of sp³-hybridized carbons (Fsp3) is 0.219. The molecule has 0 aliphatic carbocycles. The van der Waals surface area contributed by atoms with E-state index in [4.69, 9.17) is 9.72 Å². The molecule has 1 unspecified atom stereocenters. The van der Waals surface area contributed by atoms with Crippen molar-refractivity contribution in [3.8, 4) is 5.88 Å². The molecule has 0 saturated carbocycles. The molecule has 3 nitrogen and oxygen atoms in total. The number of aromatic nitrogens is 1. The zero-order valence-corrected chi connectivity index (χ0v) is 22.6. The van der Waals surface area contributed by atoms with Crippen LogP contribution in [0.25, 0.3) is 21.7 Å². The molecule has 1 heterocycles. The van der Waals surface area contributed by atoms with Crippen LogP contribution in [0, 0.1) is 0 Å². The summed E-state index contributed by atoms with van der Waals surface area (Å²) in [6, 6.07) is 34.7. The SMILES string of the molecule is COc1nc2ccc(Br)cc2cc1[C@@H](c1ccccc1)C(CCN(C)C)c1cccc2ccccc12. The highest BCUT2D eigenvalue weighted by Gasteiger charge is 2.31. The fourth-order valence-electron chi connectivity index (χ4n) is 5.29. The smallest absolute Gasteiger partial charge is 0.217 e. The Morgan fingerprint density at radius 1 is 0.806 bits per heavy atom. The minimum Gasteiger partial charge on any atom is -0.481 e. The first-order valence-electron chi connectivity index (χ1n) is 12.4. The van der Waals surface area contributed by atoms with E-state index < -0.39 is 0 Å². The number of benzene rings is 4. The third kappa shape index (κ3) is 5.02. The molecule has 0 aliphatic heterocycles. The normalized spacial score (nSPS) is 13.2. The summed E-state index contributed by atoms with van der Waals surface area (Å²) in [6.07, 6.45) is 1.00. The molecule has 0 amide bonds. The Hall–Kier alpha value is -3.21. The molecule has 0 saturated heterocycles.